The highest BCUT2D eigenvalue weighted by atomic mass is 35.5. The van der Waals surface area contributed by atoms with Crippen molar-refractivity contribution in [2.24, 2.45) is 11.8 Å². The molecule has 2 saturated heterocycles. The maximum Gasteiger partial charge on any atom is 0.335 e. The number of nitrogens with zero attached hydrogens (tertiary/aromatic N) is 4. The average molecular weight is 1040 g/mol. The van der Waals surface area contributed by atoms with Crippen molar-refractivity contribution in [1.29, 1.82) is 0 Å². The number of carbonyl (C=O) groups excluding carboxylic acids is 1. The molecule has 17 heteroatoms. The van der Waals surface area contributed by atoms with Crippen molar-refractivity contribution < 1.29 is 38.4 Å². The topological polar surface area (TPSA) is 164 Å². The first-order valence-corrected chi connectivity index (χ1v) is 25.9. The van der Waals surface area contributed by atoms with Gasteiger partial charge in [0.25, 0.3) is 5.91 Å². The van der Waals surface area contributed by atoms with E-state index in [4.69, 9.17) is 70.1 Å². The van der Waals surface area contributed by atoms with Gasteiger partial charge < -0.3 is 33.4 Å². The Balaban J connectivity index is 0.000000154. The molecular weight excluding hydrogens is 988 g/mol. The number of nitrogens with one attached hydrogen (secondary N) is 1. The second kappa shape index (κ2) is 19.7. The Hall–Kier alpha value is -5.12. The number of piperidine rings is 2. The molecule has 0 spiro atoms. The Morgan fingerprint density at radius 2 is 1.07 bits per heavy atom. The predicted molar refractivity (Wildman–Crippen MR) is 271 cm³/mol. The van der Waals surface area contributed by atoms with Gasteiger partial charge in [-0.3, -0.25) is 10.0 Å². The summed E-state index contributed by atoms with van der Waals surface area (Å²) in [5.41, 5.74) is 11.4. The lowest BCUT2D eigenvalue weighted by Gasteiger charge is -2.34. The number of hydroxylamine groups is 1. The van der Waals surface area contributed by atoms with E-state index in [1.165, 1.54) is 0 Å². The lowest BCUT2D eigenvalue weighted by atomic mass is 10.0. The molecule has 6 atom stereocenters. The zero-order valence-electron chi connectivity index (χ0n) is 39.2. The fourth-order valence-electron chi connectivity index (χ4n) is 11.6. The number of fused-ring (bicyclic) bond motifs is 4. The maximum absolute atomic E-state index is 11.7. The van der Waals surface area contributed by atoms with E-state index in [0.29, 0.717) is 103 Å². The third-order valence-corrected chi connectivity index (χ3v) is 16.7. The van der Waals surface area contributed by atoms with Gasteiger partial charge in [-0.15, -0.1) is 0 Å². The number of aryl methyl sites for hydroxylation is 2. The highest BCUT2D eigenvalue weighted by molar-refractivity contribution is 6.39. The first kappa shape index (κ1) is 48.2. The molecular formula is C54H53Cl4N5O8. The Kier molecular flexibility index (Phi) is 13.4. The van der Waals surface area contributed by atoms with Crippen molar-refractivity contribution in [3.8, 4) is 22.5 Å². The number of hydrogen-bond donors (Lipinski definition) is 3. The zero-order chi connectivity index (χ0) is 49.2. The molecule has 4 saturated carbocycles. The molecule has 4 aromatic carbocycles. The minimum atomic E-state index is -0.896. The summed E-state index contributed by atoms with van der Waals surface area (Å²) in [5, 5.41) is 29.1. The van der Waals surface area contributed by atoms with Gasteiger partial charge in [0.15, 0.2) is 0 Å². The van der Waals surface area contributed by atoms with Gasteiger partial charge in [-0.05, 0) is 137 Å². The van der Waals surface area contributed by atoms with Crippen molar-refractivity contribution in [1.82, 2.24) is 15.8 Å². The normalized spacial score (nSPS) is 23.1. The van der Waals surface area contributed by atoms with Gasteiger partial charge in [-0.2, -0.15) is 0 Å². The number of carboxylic acids is 1. The standard InChI is InChI=1S/C27H27Cl2N3O4.C27H26Cl2N2O4/c1-14-9-16(27(33)30-34)7-8-22(14)32-12-17-10-18(32)11-23(17)35-13-19-25(31-36-26(19)15-5-6-15)24-20(28)3-2-4-21(24)29;1-14-9-16(27(32)33)7-8-22(14)31-12-17-10-18(31)11-23(17)34-13-19-25(30-35-26(19)15-5-6-15)24-20(28)3-2-4-21(24)29/h2-4,7-9,15,17-18,23,34H,5-6,10-13H2,1H3,(H,30,33);2-4,7-9,15,17-18,23H,5-6,10-13H2,1H3,(H,32,33)/t2*17-,18-,23+/m00/s1. The molecule has 6 aromatic rings. The van der Waals surface area contributed by atoms with E-state index in [-0.39, 0.29) is 12.2 Å². The molecule has 1 amide bonds. The summed E-state index contributed by atoms with van der Waals surface area (Å²) >= 11 is 26.0. The Bertz CT molecular complexity index is 2980. The van der Waals surface area contributed by atoms with Crippen molar-refractivity contribution in [2.45, 2.75) is 115 Å². The van der Waals surface area contributed by atoms with E-state index >= 15 is 0 Å². The average Bonchev–Trinajstić information content (AvgIpc) is 4.02. The fraction of sp³-hybridized carbons (Fsp3) is 0.407. The third-order valence-electron chi connectivity index (χ3n) is 15.4. The Morgan fingerprint density at radius 3 is 1.44 bits per heavy atom. The molecule has 2 aromatic heterocycles. The second-order valence-electron chi connectivity index (χ2n) is 20.0. The lowest BCUT2D eigenvalue weighted by Crippen LogP contribution is -2.39. The number of hydrogen-bond acceptors (Lipinski definition) is 11. The van der Waals surface area contributed by atoms with Gasteiger partial charge in [-0.25, -0.2) is 10.3 Å². The summed E-state index contributed by atoms with van der Waals surface area (Å²) in [4.78, 5) is 27.9. The van der Waals surface area contributed by atoms with Crippen LogP contribution >= 0.6 is 46.4 Å². The molecule has 4 heterocycles. The molecule has 0 unspecified atom stereocenters. The van der Waals surface area contributed by atoms with Crippen molar-refractivity contribution in [3.05, 3.63) is 138 Å². The third kappa shape index (κ3) is 9.44. The summed E-state index contributed by atoms with van der Waals surface area (Å²) in [6.45, 7) is 6.63. The molecule has 6 aliphatic rings. The van der Waals surface area contributed by atoms with Crippen LogP contribution in [0, 0.1) is 25.7 Å². The van der Waals surface area contributed by atoms with E-state index in [9.17, 15) is 14.7 Å². The van der Waals surface area contributed by atoms with E-state index in [0.717, 1.165) is 110 Å². The van der Waals surface area contributed by atoms with Crippen LogP contribution in [-0.2, 0) is 22.7 Å². The number of anilines is 2. The van der Waals surface area contributed by atoms with Crippen LogP contribution in [0.5, 0.6) is 0 Å². The largest absolute Gasteiger partial charge is 0.478 e. The number of carbonyl (C=O) groups is 2. The van der Waals surface area contributed by atoms with Crippen molar-refractivity contribution in [2.75, 3.05) is 22.9 Å². The van der Waals surface area contributed by atoms with Crippen LogP contribution in [0.3, 0.4) is 0 Å². The van der Waals surface area contributed by atoms with Crippen LogP contribution in [0.2, 0.25) is 20.1 Å². The first-order chi connectivity index (χ1) is 34.3. The Labute approximate surface area is 431 Å². The molecule has 71 heavy (non-hydrogen) atoms. The van der Waals surface area contributed by atoms with Gasteiger partial charge >= 0.3 is 5.97 Å². The summed E-state index contributed by atoms with van der Waals surface area (Å²) in [7, 11) is 0. The highest BCUT2D eigenvalue weighted by Gasteiger charge is 2.48. The van der Waals surface area contributed by atoms with E-state index in [1.807, 2.05) is 68.4 Å². The lowest BCUT2D eigenvalue weighted by molar-refractivity contribution is 0.0122. The van der Waals surface area contributed by atoms with E-state index in [1.54, 1.807) is 23.7 Å². The molecule has 4 aliphatic carbocycles. The van der Waals surface area contributed by atoms with Gasteiger partial charge in [0.05, 0.1) is 51.1 Å². The summed E-state index contributed by atoms with van der Waals surface area (Å²) < 4.78 is 24.6. The van der Waals surface area contributed by atoms with Crippen LogP contribution in [0.1, 0.15) is 118 Å². The summed E-state index contributed by atoms with van der Waals surface area (Å²) in [6.07, 6.45) is 8.74. The smallest absolute Gasteiger partial charge is 0.335 e. The molecule has 4 bridgehead atoms. The summed E-state index contributed by atoms with van der Waals surface area (Å²) in [5.74, 6) is 2.03. The zero-order valence-corrected chi connectivity index (χ0v) is 42.2. The second-order valence-corrected chi connectivity index (χ2v) is 21.6. The molecule has 2 aliphatic heterocycles. The van der Waals surface area contributed by atoms with Crippen LogP contribution in [0.25, 0.3) is 22.5 Å². The minimum Gasteiger partial charge on any atom is -0.478 e. The Morgan fingerprint density at radius 1 is 0.648 bits per heavy atom. The number of amides is 1. The fourth-order valence-corrected chi connectivity index (χ4v) is 12.7. The number of rotatable bonds is 14. The molecule has 370 valence electrons. The maximum atomic E-state index is 11.7. The van der Waals surface area contributed by atoms with E-state index < -0.39 is 11.9 Å². The number of aromatic carboxylic acids is 1. The quantitative estimate of drug-likeness (QED) is 0.0700. The van der Waals surface area contributed by atoms with Gasteiger partial charge in [0, 0.05) is 88.0 Å². The van der Waals surface area contributed by atoms with Crippen LogP contribution in [-0.4, -0.2) is 69.9 Å². The molecule has 13 nitrogen and oxygen atoms in total. The number of carboxylic acid groups (broad SMARTS) is 1. The molecule has 3 N–H and O–H groups in total. The first-order valence-electron chi connectivity index (χ1n) is 24.4. The van der Waals surface area contributed by atoms with Crippen LogP contribution in [0.15, 0.2) is 81.8 Å². The predicted octanol–water partition coefficient (Wildman–Crippen LogP) is 12.9. The number of halogens is 4. The van der Waals surface area contributed by atoms with Crippen molar-refractivity contribution >= 4 is 69.7 Å². The van der Waals surface area contributed by atoms with E-state index in [2.05, 4.69) is 20.1 Å². The SMILES string of the molecule is Cc1cc(C(=O)NO)ccc1N1C[C@@H]2C[C@H]1C[C@H]2OCc1c(-c2c(Cl)cccc2Cl)noc1C1CC1.Cc1cc(C(=O)O)ccc1N1C[C@@H]2C[C@H]1C[C@H]2OCc1c(-c2c(Cl)cccc2Cl)noc1C1CC1. The molecule has 12 rings (SSSR count). The monoisotopic (exact) mass is 1040 g/mol. The number of ether oxygens (including phenoxy) is 2. The van der Waals surface area contributed by atoms with Crippen molar-refractivity contribution in [3.63, 3.8) is 0 Å². The van der Waals surface area contributed by atoms with Crippen LogP contribution in [0.4, 0.5) is 11.4 Å². The van der Waals surface area contributed by atoms with Crippen LogP contribution < -0.4 is 15.3 Å². The minimum absolute atomic E-state index is 0.155. The van der Waals surface area contributed by atoms with Gasteiger partial charge in [-0.1, -0.05) is 68.8 Å². The highest BCUT2D eigenvalue weighted by Crippen LogP contribution is 2.50. The van der Waals surface area contributed by atoms with Gasteiger partial charge in [0.2, 0.25) is 0 Å². The molecule has 6 fully saturated rings. The van der Waals surface area contributed by atoms with Gasteiger partial charge in [0.1, 0.15) is 22.9 Å². The number of benzene rings is 4. The number of aromatic nitrogens is 2. The summed E-state index contributed by atoms with van der Waals surface area (Å²) in [6, 6.07) is 22.6. The molecule has 0 radical (unpaired) electrons.